The minimum Gasteiger partial charge on any atom is -0.474 e. The van der Waals surface area contributed by atoms with Crippen LogP contribution in [0.1, 0.15) is 30.4 Å². The fourth-order valence-electron chi connectivity index (χ4n) is 4.19. The SMILES string of the molecule is C[C@H](Oc1ccc(C(F)(F)F)cn1)[C@H]1CCN(C(=O)NCCNS(C)(=O)=O)C[C@@H]1c1ccc(Cl)cc1. The maximum absolute atomic E-state index is 12.8. The Hall–Kier alpha value is -2.57. The molecule has 0 unspecified atom stereocenters. The summed E-state index contributed by atoms with van der Waals surface area (Å²) in [7, 11) is -3.35. The molecule has 1 aliphatic heterocycles. The molecule has 198 valence electrons. The van der Waals surface area contributed by atoms with Gasteiger partial charge in [0.25, 0.3) is 0 Å². The number of urea groups is 1. The van der Waals surface area contributed by atoms with Crippen LogP contribution in [0, 0.1) is 5.92 Å². The van der Waals surface area contributed by atoms with E-state index in [0.29, 0.717) is 24.5 Å². The van der Waals surface area contributed by atoms with Crippen molar-refractivity contribution in [2.24, 2.45) is 5.92 Å². The third kappa shape index (κ3) is 7.97. The van der Waals surface area contributed by atoms with E-state index >= 15 is 0 Å². The van der Waals surface area contributed by atoms with Crippen LogP contribution in [0.4, 0.5) is 18.0 Å². The second-order valence-electron chi connectivity index (χ2n) is 8.66. The highest BCUT2D eigenvalue weighted by molar-refractivity contribution is 7.88. The number of aromatic nitrogens is 1. The van der Waals surface area contributed by atoms with Gasteiger partial charge in [-0.25, -0.2) is 22.9 Å². The molecule has 2 amide bonds. The summed E-state index contributed by atoms with van der Waals surface area (Å²) in [5, 5.41) is 3.28. The molecule has 36 heavy (non-hydrogen) atoms. The molecule has 2 heterocycles. The fraction of sp³-hybridized carbons (Fsp3) is 0.478. The number of carbonyl (C=O) groups is 1. The van der Waals surface area contributed by atoms with Crippen LogP contribution in [-0.4, -0.2) is 62.9 Å². The van der Waals surface area contributed by atoms with E-state index < -0.39 is 27.9 Å². The Bertz CT molecular complexity index is 1130. The van der Waals surface area contributed by atoms with E-state index in [1.165, 1.54) is 6.07 Å². The normalized spacial score (nSPS) is 19.6. The van der Waals surface area contributed by atoms with E-state index in [2.05, 4.69) is 15.0 Å². The lowest BCUT2D eigenvalue weighted by molar-refractivity contribution is -0.137. The molecule has 1 saturated heterocycles. The van der Waals surface area contributed by atoms with Crippen LogP contribution < -0.4 is 14.8 Å². The number of benzene rings is 1. The van der Waals surface area contributed by atoms with Crippen LogP contribution in [0.3, 0.4) is 0 Å². The summed E-state index contributed by atoms with van der Waals surface area (Å²) in [6.07, 6.45) is -2.53. The molecule has 2 N–H and O–H groups in total. The number of sulfonamides is 1. The zero-order valence-corrected chi connectivity index (χ0v) is 21.3. The fourth-order valence-corrected chi connectivity index (χ4v) is 4.79. The monoisotopic (exact) mass is 548 g/mol. The number of hydrogen-bond acceptors (Lipinski definition) is 5. The Morgan fingerprint density at radius 1 is 1.22 bits per heavy atom. The molecule has 0 aliphatic carbocycles. The summed E-state index contributed by atoms with van der Waals surface area (Å²) in [4.78, 5) is 18.2. The molecule has 0 saturated carbocycles. The summed E-state index contributed by atoms with van der Waals surface area (Å²) in [5.41, 5.74) is 0.0871. The standard InChI is InChI=1S/C23H28ClF3N4O4S/c1-15(35-21-8-5-17(13-29-21)23(25,26)27)19-9-12-31(22(32)28-10-11-30-36(2,33)34)14-20(19)16-3-6-18(24)7-4-16/h3-8,13,15,19-20,30H,9-12,14H2,1-2H3,(H,28,32)/t15-,19+,20+/m0/s1. The third-order valence-corrected chi connectivity index (χ3v) is 6.97. The minimum absolute atomic E-state index is 0.0637. The Labute approximate surface area is 213 Å². The van der Waals surface area contributed by atoms with Gasteiger partial charge in [-0.3, -0.25) is 0 Å². The van der Waals surface area contributed by atoms with Crippen molar-refractivity contribution < 1.29 is 31.1 Å². The number of amides is 2. The number of pyridine rings is 1. The quantitative estimate of drug-likeness (QED) is 0.488. The average molecular weight is 549 g/mol. The molecule has 0 radical (unpaired) electrons. The molecule has 1 aliphatic rings. The van der Waals surface area contributed by atoms with Crippen molar-refractivity contribution in [1.29, 1.82) is 0 Å². The van der Waals surface area contributed by atoms with Gasteiger partial charge in [-0.2, -0.15) is 13.2 Å². The maximum Gasteiger partial charge on any atom is 0.417 e. The molecule has 1 fully saturated rings. The van der Waals surface area contributed by atoms with Crippen molar-refractivity contribution in [1.82, 2.24) is 19.9 Å². The van der Waals surface area contributed by atoms with Gasteiger partial charge >= 0.3 is 12.2 Å². The van der Waals surface area contributed by atoms with E-state index in [9.17, 15) is 26.4 Å². The third-order valence-electron chi connectivity index (χ3n) is 5.99. The average Bonchev–Trinajstić information content (AvgIpc) is 2.81. The first-order valence-corrected chi connectivity index (χ1v) is 13.5. The molecular weight excluding hydrogens is 521 g/mol. The number of likely N-dealkylation sites (tertiary alicyclic amines) is 1. The van der Waals surface area contributed by atoms with Gasteiger partial charge in [-0.1, -0.05) is 23.7 Å². The van der Waals surface area contributed by atoms with Crippen molar-refractivity contribution in [3.8, 4) is 5.88 Å². The van der Waals surface area contributed by atoms with Crippen LogP contribution in [0.15, 0.2) is 42.6 Å². The summed E-state index contributed by atoms with van der Waals surface area (Å²) in [6, 6.07) is 9.07. The molecule has 1 aromatic heterocycles. The van der Waals surface area contributed by atoms with E-state index in [0.717, 1.165) is 24.1 Å². The predicted octanol–water partition coefficient (Wildman–Crippen LogP) is 3.89. The van der Waals surface area contributed by atoms with Gasteiger partial charge in [0.2, 0.25) is 15.9 Å². The van der Waals surface area contributed by atoms with Crippen molar-refractivity contribution in [3.05, 3.63) is 58.7 Å². The molecule has 13 heteroatoms. The van der Waals surface area contributed by atoms with Crippen LogP contribution in [0.2, 0.25) is 5.02 Å². The highest BCUT2D eigenvalue weighted by Gasteiger charge is 2.37. The van der Waals surface area contributed by atoms with Gasteiger partial charge < -0.3 is 15.0 Å². The largest absolute Gasteiger partial charge is 0.474 e. The zero-order valence-electron chi connectivity index (χ0n) is 19.8. The highest BCUT2D eigenvalue weighted by Crippen LogP contribution is 2.37. The first kappa shape index (κ1) is 28.0. The topological polar surface area (TPSA) is 101 Å². The molecule has 2 aromatic rings. The van der Waals surface area contributed by atoms with Crippen LogP contribution in [0.5, 0.6) is 5.88 Å². The lowest BCUT2D eigenvalue weighted by atomic mass is 9.78. The smallest absolute Gasteiger partial charge is 0.417 e. The number of piperidine rings is 1. The number of nitrogens with one attached hydrogen (secondary N) is 2. The van der Waals surface area contributed by atoms with E-state index in [1.54, 1.807) is 17.0 Å². The lowest BCUT2D eigenvalue weighted by Gasteiger charge is -2.41. The number of ether oxygens (including phenoxy) is 1. The van der Waals surface area contributed by atoms with Crippen molar-refractivity contribution in [3.63, 3.8) is 0 Å². The van der Waals surface area contributed by atoms with Crippen molar-refractivity contribution >= 4 is 27.7 Å². The molecule has 1 aromatic carbocycles. The van der Waals surface area contributed by atoms with E-state index in [-0.39, 0.29) is 36.8 Å². The number of carbonyl (C=O) groups excluding carboxylic acids is 1. The van der Waals surface area contributed by atoms with Gasteiger partial charge in [0.15, 0.2) is 0 Å². The van der Waals surface area contributed by atoms with Gasteiger partial charge in [-0.05, 0) is 37.1 Å². The van der Waals surface area contributed by atoms with Gasteiger partial charge in [0.05, 0.1) is 11.8 Å². The summed E-state index contributed by atoms with van der Waals surface area (Å²) in [5.74, 6) is -0.115. The maximum atomic E-state index is 12.8. The Morgan fingerprint density at radius 2 is 1.92 bits per heavy atom. The minimum atomic E-state index is -4.48. The summed E-state index contributed by atoms with van der Waals surface area (Å²) < 4.78 is 69.1. The number of halogens is 4. The molecular formula is C23H28ClF3N4O4S. The second-order valence-corrected chi connectivity index (χ2v) is 10.9. The van der Waals surface area contributed by atoms with Crippen molar-refractivity contribution in [2.45, 2.75) is 31.5 Å². The number of nitrogens with zero attached hydrogens (tertiary/aromatic N) is 2. The highest BCUT2D eigenvalue weighted by atomic mass is 35.5. The second kappa shape index (κ2) is 11.7. The van der Waals surface area contributed by atoms with Crippen molar-refractivity contribution in [2.75, 3.05) is 32.4 Å². The van der Waals surface area contributed by atoms with Crippen LogP contribution in [0.25, 0.3) is 0 Å². The van der Waals surface area contributed by atoms with Gasteiger partial charge in [0, 0.05) is 55.3 Å². The van der Waals surface area contributed by atoms with Gasteiger partial charge in [-0.15, -0.1) is 0 Å². The predicted molar refractivity (Wildman–Crippen MR) is 129 cm³/mol. The molecule has 3 rings (SSSR count). The number of rotatable bonds is 8. The van der Waals surface area contributed by atoms with E-state index in [1.807, 2.05) is 19.1 Å². The van der Waals surface area contributed by atoms with E-state index in [4.69, 9.17) is 16.3 Å². The summed E-state index contributed by atoms with van der Waals surface area (Å²) >= 11 is 6.05. The number of alkyl halides is 3. The molecule has 3 atom stereocenters. The first-order valence-electron chi connectivity index (χ1n) is 11.3. The Morgan fingerprint density at radius 3 is 2.50 bits per heavy atom. The van der Waals surface area contributed by atoms with Crippen LogP contribution in [-0.2, 0) is 16.2 Å². The molecule has 8 nitrogen and oxygen atoms in total. The van der Waals surface area contributed by atoms with Crippen LogP contribution >= 0.6 is 11.6 Å². The molecule has 0 spiro atoms. The lowest BCUT2D eigenvalue weighted by Crippen LogP contribution is -2.50. The Balaban J connectivity index is 1.70. The summed E-state index contributed by atoms with van der Waals surface area (Å²) in [6.45, 7) is 2.84. The first-order chi connectivity index (χ1) is 16.8. The van der Waals surface area contributed by atoms with Gasteiger partial charge in [0.1, 0.15) is 6.10 Å². The zero-order chi connectivity index (χ0) is 26.5. The molecule has 0 bridgehead atoms. The number of hydrogen-bond donors (Lipinski definition) is 2. The Kier molecular flexibility index (Phi) is 9.07.